The van der Waals surface area contributed by atoms with Crippen molar-refractivity contribution < 1.29 is 4.74 Å². The maximum absolute atomic E-state index is 6.34. The number of aromatic nitrogens is 1. The van der Waals surface area contributed by atoms with Crippen LogP contribution in [-0.2, 0) is 5.54 Å². The van der Waals surface area contributed by atoms with Gasteiger partial charge >= 0.3 is 0 Å². The number of aliphatic imine (C=N–C) groups is 1. The molecule has 25 heavy (non-hydrogen) atoms. The van der Waals surface area contributed by atoms with E-state index in [0.717, 1.165) is 45.0 Å². The molecule has 0 saturated heterocycles. The molecule has 4 heteroatoms. The summed E-state index contributed by atoms with van der Waals surface area (Å²) in [5.74, 6) is 2.09. The average Bonchev–Trinajstić information content (AvgIpc) is 2.91. The highest BCUT2D eigenvalue weighted by Crippen LogP contribution is 2.55. The maximum Gasteiger partial charge on any atom is 0.152 e. The van der Waals surface area contributed by atoms with Crippen LogP contribution in [-0.4, -0.2) is 10.8 Å². The molecule has 4 nitrogen and oxygen atoms in total. The molecule has 3 aromatic rings. The Bertz CT molecular complexity index is 1020. The molecule has 2 aliphatic rings. The number of aryl methyl sites for hydroxylation is 2. The Morgan fingerprint density at radius 2 is 1.72 bits per heavy atom. The predicted molar refractivity (Wildman–Crippen MR) is 97.3 cm³/mol. The fraction of sp³-hybridized carbons (Fsp3) is 0.143. The lowest BCUT2D eigenvalue weighted by atomic mass is 9.75. The van der Waals surface area contributed by atoms with Crippen molar-refractivity contribution in [2.75, 3.05) is 0 Å². The number of pyridine rings is 1. The average molecular weight is 327 g/mol. The molecule has 0 amide bonds. The molecule has 1 atom stereocenters. The first-order valence-corrected chi connectivity index (χ1v) is 8.31. The molecular formula is C21H17N3O. The van der Waals surface area contributed by atoms with Gasteiger partial charge in [-0.05, 0) is 37.6 Å². The number of benzene rings is 2. The third-order valence-corrected chi connectivity index (χ3v) is 5.02. The molecule has 0 aliphatic carbocycles. The van der Waals surface area contributed by atoms with E-state index in [2.05, 4.69) is 30.1 Å². The van der Waals surface area contributed by atoms with E-state index < -0.39 is 5.54 Å². The van der Waals surface area contributed by atoms with Crippen molar-refractivity contribution in [2.45, 2.75) is 19.4 Å². The van der Waals surface area contributed by atoms with Crippen LogP contribution in [0.5, 0.6) is 11.5 Å². The molecule has 2 aliphatic heterocycles. The van der Waals surface area contributed by atoms with E-state index in [4.69, 9.17) is 15.5 Å². The summed E-state index contributed by atoms with van der Waals surface area (Å²) in [4.78, 5) is 9.41. The van der Waals surface area contributed by atoms with Crippen LogP contribution in [0.4, 0.5) is 0 Å². The lowest BCUT2D eigenvalue weighted by molar-refractivity contribution is 0.421. The molecule has 0 radical (unpaired) electrons. The van der Waals surface area contributed by atoms with E-state index in [-0.39, 0.29) is 0 Å². The quantitative estimate of drug-likeness (QED) is 0.683. The van der Waals surface area contributed by atoms with E-state index in [1.807, 2.05) is 37.3 Å². The Balaban J connectivity index is 1.95. The van der Waals surface area contributed by atoms with E-state index in [0.29, 0.717) is 5.84 Å². The molecule has 0 saturated carbocycles. The maximum atomic E-state index is 6.34. The van der Waals surface area contributed by atoms with Gasteiger partial charge < -0.3 is 10.5 Å². The number of ether oxygens (including phenoxy) is 1. The highest BCUT2D eigenvalue weighted by molar-refractivity contribution is 6.03. The van der Waals surface area contributed by atoms with E-state index in [9.17, 15) is 0 Å². The lowest BCUT2D eigenvalue weighted by Crippen LogP contribution is -2.30. The zero-order valence-corrected chi connectivity index (χ0v) is 14.1. The summed E-state index contributed by atoms with van der Waals surface area (Å²) in [6.07, 6.45) is 1.78. The smallest absolute Gasteiger partial charge is 0.152 e. The number of rotatable bonds is 0. The van der Waals surface area contributed by atoms with Gasteiger partial charge in [0.05, 0.1) is 6.20 Å². The summed E-state index contributed by atoms with van der Waals surface area (Å²) >= 11 is 0. The van der Waals surface area contributed by atoms with E-state index in [1.165, 1.54) is 0 Å². The molecule has 1 spiro atoms. The zero-order chi connectivity index (χ0) is 17.2. The SMILES string of the molecule is Cc1ccc2c(c1)C1(N=C(N)c3ccccc31)c1cc(C)ncc1O2. The first-order chi connectivity index (χ1) is 12.1. The van der Waals surface area contributed by atoms with Crippen molar-refractivity contribution in [2.24, 2.45) is 10.7 Å². The molecule has 1 unspecified atom stereocenters. The van der Waals surface area contributed by atoms with Crippen LogP contribution in [0.2, 0.25) is 0 Å². The molecule has 1 aromatic heterocycles. The molecule has 3 heterocycles. The number of nitrogens with two attached hydrogens (primary N) is 1. The number of hydrogen-bond donors (Lipinski definition) is 1. The second kappa shape index (κ2) is 4.70. The van der Waals surface area contributed by atoms with Crippen LogP contribution >= 0.6 is 0 Å². The Morgan fingerprint density at radius 3 is 2.60 bits per heavy atom. The summed E-state index contributed by atoms with van der Waals surface area (Å²) in [6.45, 7) is 4.06. The zero-order valence-electron chi connectivity index (χ0n) is 14.1. The first kappa shape index (κ1) is 14.2. The van der Waals surface area contributed by atoms with Crippen LogP contribution in [0.3, 0.4) is 0 Å². The molecular weight excluding hydrogens is 310 g/mol. The molecule has 2 aromatic carbocycles. The highest BCUT2D eigenvalue weighted by atomic mass is 16.5. The molecule has 5 rings (SSSR count). The molecule has 122 valence electrons. The molecule has 0 fully saturated rings. The van der Waals surface area contributed by atoms with Crippen LogP contribution in [0.25, 0.3) is 0 Å². The minimum absolute atomic E-state index is 0.561. The van der Waals surface area contributed by atoms with Crippen molar-refractivity contribution in [3.8, 4) is 11.5 Å². The standard InChI is InChI=1S/C21H17N3O/c1-12-7-8-18-16(9-12)21(17-10-13(2)23-11-19(17)25-18)15-6-4-3-5-14(15)20(22)24-21/h3-11H,1-2H3,(H2,22,24). The monoisotopic (exact) mass is 327 g/mol. The van der Waals surface area contributed by atoms with Crippen molar-refractivity contribution in [3.05, 3.63) is 88.2 Å². The van der Waals surface area contributed by atoms with E-state index >= 15 is 0 Å². The number of fused-ring (bicyclic) bond motifs is 6. The fourth-order valence-corrected chi connectivity index (χ4v) is 3.92. The van der Waals surface area contributed by atoms with Gasteiger partial charge in [-0.2, -0.15) is 0 Å². The van der Waals surface area contributed by atoms with Gasteiger partial charge in [0, 0.05) is 22.4 Å². The van der Waals surface area contributed by atoms with Crippen molar-refractivity contribution in [1.29, 1.82) is 0 Å². The van der Waals surface area contributed by atoms with Crippen molar-refractivity contribution in [3.63, 3.8) is 0 Å². The summed E-state index contributed by atoms with van der Waals surface area (Å²) in [5, 5.41) is 0. The van der Waals surface area contributed by atoms with Gasteiger partial charge in [0.25, 0.3) is 0 Å². The predicted octanol–water partition coefficient (Wildman–Crippen LogP) is 3.81. The molecule has 0 bridgehead atoms. The number of nitrogens with zero attached hydrogens (tertiary/aromatic N) is 2. The first-order valence-electron chi connectivity index (χ1n) is 8.31. The van der Waals surface area contributed by atoms with Gasteiger partial charge in [0.15, 0.2) is 5.75 Å². The minimum Gasteiger partial charge on any atom is -0.455 e. The highest BCUT2D eigenvalue weighted by Gasteiger charge is 2.48. The van der Waals surface area contributed by atoms with Gasteiger partial charge in [0.1, 0.15) is 17.1 Å². The van der Waals surface area contributed by atoms with Gasteiger partial charge in [-0.3, -0.25) is 4.98 Å². The van der Waals surface area contributed by atoms with Crippen LogP contribution in [0.15, 0.2) is 59.7 Å². The largest absolute Gasteiger partial charge is 0.455 e. The number of amidine groups is 1. The second-order valence-electron chi connectivity index (χ2n) is 6.68. The second-order valence-corrected chi connectivity index (χ2v) is 6.68. The van der Waals surface area contributed by atoms with E-state index in [1.54, 1.807) is 6.20 Å². The van der Waals surface area contributed by atoms with Crippen molar-refractivity contribution in [1.82, 2.24) is 4.98 Å². The van der Waals surface area contributed by atoms with Crippen LogP contribution in [0, 0.1) is 13.8 Å². The normalized spacial score (nSPS) is 19.7. The van der Waals surface area contributed by atoms with Gasteiger partial charge in [-0.15, -0.1) is 0 Å². The third-order valence-electron chi connectivity index (χ3n) is 5.02. The summed E-state index contributed by atoms with van der Waals surface area (Å²) in [5.41, 5.74) is 11.8. The Kier molecular flexibility index (Phi) is 2.67. The fourth-order valence-electron chi connectivity index (χ4n) is 3.92. The van der Waals surface area contributed by atoms with Crippen molar-refractivity contribution >= 4 is 5.84 Å². The third kappa shape index (κ3) is 1.76. The Labute approximate surface area is 146 Å². The summed E-state index contributed by atoms with van der Waals surface area (Å²) < 4.78 is 6.15. The van der Waals surface area contributed by atoms with Crippen LogP contribution < -0.4 is 10.5 Å². The topological polar surface area (TPSA) is 60.5 Å². The summed E-state index contributed by atoms with van der Waals surface area (Å²) in [7, 11) is 0. The Morgan fingerprint density at radius 1 is 0.920 bits per heavy atom. The van der Waals surface area contributed by atoms with Gasteiger partial charge in [-0.25, -0.2) is 4.99 Å². The Hall–Kier alpha value is -3.14. The lowest BCUT2D eigenvalue weighted by Gasteiger charge is -2.36. The van der Waals surface area contributed by atoms with Gasteiger partial charge in [-0.1, -0.05) is 35.9 Å². The van der Waals surface area contributed by atoms with Gasteiger partial charge in [0.2, 0.25) is 0 Å². The molecule has 2 N–H and O–H groups in total. The number of hydrogen-bond acceptors (Lipinski definition) is 4. The summed E-state index contributed by atoms with van der Waals surface area (Å²) in [6, 6.07) is 16.4. The minimum atomic E-state index is -0.677. The van der Waals surface area contributed by atoms with Crippen LogP contribution in [0.1, 0.15) is 33.5 Å².